The van der Waals surface area contributed by atoms with Crippen LogP contribution in [-0.4, -0.2) is 57.6 Å². The first-order chi connectivity index (χ1) is 14.7. The Morgan fingerprint density at radius 1 is 1.32 bits per heavy atom. The van der Waals surface area contributed by atoms with E-state index in [1.165, 1.54) is 29.7 Å². The maximum absolute atomic E-state index is 13.0. The number of carboxylic acids is 1. The Morgan fingerprint density at radius 2 is 2.03 bits per heavy atom. The molecular formula is C20H24F3N3O4S. The average molecular weight is 459 g/mol. The van der Waals surface area contributed by atoms with E-state index in [4.69, 9.17) is 14.6 Å². The Labute approximate surface area is 181 Å². The van der Waals surface area contributed by atoms with E-state index < -0.39 is 12.1 Å². The van der Waals surface area contributed by atoms with E-state index in [2.05, 4.69) is 12.0 Å². The van der Waals surface area contributed by atoms with Crippen molar-refractivity contribution in [1.82, 2.24) is 14.7 Å². The number of carbonyl (C=O) groups is 2. The topological polar surface area (TPSA) is 84.7 Å². The minimum atomic E-state index is -5.08. The number of alkyl halides is 3. The molecule has 7 nitrogen and oxygen atoms in total. The second-order valence-electron chi connectivity index (χ2n) is 7.40. The normalized spacial score (nSPS) is 18.2. The number of amides is 1. The van der Waals surface area contributed by atoms with Gasteiger partial charge in [-0.15, -0.1) is 11.3 Å². The number of halogens is 3. The fourth-order valence-corrected chi connectivity index (χ4v) is 4.07. The molecule has 31 heavy (non-hydrogen) atoms. The van der Waals surface area contributed by atoms with Crippen LogP contribution in [0.5, 0.6) is 0 Å². The molecule has 0 saturated heterocycles. The van der Waals surface area contributed by atoms with Crippen molar-refractivity contribution in [2.45, 2.75) is 44.9 Å². The summed E-state index contributed by atoms with van der Waals surface area (Å²) < 4.78 is 39.7. The zero-order valence-electron chi connectivity index (χ0n) is 17.0. The van der Waals surface area contributed by atoms with Crippen LogP contribution in [0.15, 0.2) is 23.7 Å². The molecule has 1 aliphatic heterocycles. The minimum absolute atomic E-state index is 0.0375. The van der Waals surface area contributed by atoms with Crippen molar-refractivity contribution in [2.24, 2.45) is 5.92 Å². The number of aryl methyl sites for hydroxylation is 1. The summed E-state index contributed by atoms with van der Waals surface area (Å²) in [5, 5.41) is 13.6. The fraction of sp³-hybridized carbons (Fsp3) is 0.550. The monoisotopic (exact) mass is 459 g/mol. The molecular weight excluding hydrogens is 435 g/mol. The summed E-state index contributed by atoms with van der Waals surface area (Å²) in [4.78, 5) is 24.6. The van der Waals surface area contributed by atoms with Gasteiger partial charge in [-0.1, -0.05) is 6.07 Å². The second kappa shape index (κ2) is 9.82. The highest BCUT2D eigenvalue weighted by atomic mass is 32.1. The van der Waals surface area contributed by atoms with Gasteiger partial charge in [0.05, 0.1) is 29.4 Å². The van der Waals surface area contributed by atoms with Crippen molar-refractivity contribution in [3.63, 3.8) is 0 Å². The highest BCUT2D eigenvalue weighted by molar-refractivity contribution is 7.12. The molecule has 2 aromatic heterocycles. The summed E-state index contributed by atoms with van der Waals surface area (Å²) in [6, 6.07) is 3.80. The first-order valence-electron chi connectivity index (χ1n) is 9.99. The number of rotatable bonds is 6. The number of carboxylic acid groups (broad SMARTS) is 1. The maximum atomic E-state index is 13.0. The lowest BCUT2D eigenvalue weighted by Crippen LogP contribution is -2.42. The number of ether oxygens (including phenoxy) is 1. The van der Waals surface area contributed by atoms with Crippen LogP contribution in [0.3, 0.4) is 0 Å². The zero-order valence-corrected chi connectivity index (χ0v) is 17.8. The number of fused-ring (bicyclic) bond motifs is 1. The first kappa shape index (κ1) is 23.3. The second-order valence-corrected chi connectivity index (χ2v) is 8.34. The van der Waals surface area contributed by atoms with Crippen molar-refractivity contribution < 1.29 is 32.6 Å². The lowest BCUT2D eigenvalue weighted by molar-refractivity contribution is -0.192. The molecule has 1 amide bonds. The van der Waals surface area contributed by atoms with Crippen molar-refractivity contribution in [3.8, 4) is 0 Å². The average Bonchev–Trinajstić information content (AvgIpc) is 3.21. The number of carbonyl (C=O) groups excluding carboxylic acids is 1. The van der Waals surface area contributed by atoms with Gasteiger partial charge in [-0.05, 0) is 49.1 Å². The van der Waals surface area contributed by atoms with Gasteiger partial charge >= 0.3 is 12.1 Å². The van der Waals surface area contributed by atoms with Gasteiger partial charge in [0.1, 0.15) is 0 Å². The smallest absolute Gasteiger partial charge is 0.475 e. The summed E-state index contributed by atoms with van der Waals surface area (Å²) in [6.07, 6.45) is 0.298. The highest BCUT2D eigenvalue weighted by Crippen LogP contribution is 2.33. The van der Waals surface area contributed by atoms with Gasteiger partial charge in [0, 0.05) is 19.7 Å². The molecule has 2 aliphatic rings. The molecule has 0 radical (unpaired) electrons. The summed E-state index contributed by atoms with van der Waals surface area (Å²) >= 11 is 1.50. The molecule has 0 aromatic carbocycles. The van der Waals surface area contributed by atoms with Crippen LogP contribution in [0.2, 0.25) is 0 Å². The molecule has 0 bridgehead atoms. The predicted molar refractivity (Wildman–Crippen MR) is 107 cm³/mol. The number of aliphatic carboxylic acids is 1. The number of hydrogen-bond donors (Lipinski definition) is 1. The fourth-order valence-electron chi connectivity index (χ4n) is 3.39. The number of hydrogen-bond acceptors (Lipinski definition) is 5. The quantitative estimate of drug-likeness (QED) is 0.711. The van der Waals surface area contributed by atoms with Gasteiger partial charge in [-0.3, -0.25) is 9.48 Å². The first-order valence-corrected chi connectivity index (χ1v) is 10.9. The molecule has 11 heteroatoms. The lowest BCUT2D eigenvalue weighted by Gasteiger charge is -2.36. The zero-order chi connectivity index (χ0) is 22.6. The van der Waals surface area contributed by atoms with E-state index in [1.807, 2.05) is 33.3 Å². The molecule has 1 unspecified atom stereocenters. The number of thiophene rings is 1. The SMILES string of the molecule is CCn1ncc2c1C(COCC1CC1)N(C(=O)c1cccs1)CC2.O=C(O)C(F)(F)F. The Morgan fingerprint density at radius 3 is 2.58 bits per heavy atom. The summed E-state index contributed by atoms with van der Waals surface area (Å²) in [5.41, 5.74) is 2.41. The molecule has 1 N–H and O–H groups in total. The largest absolute Gasteiger partial charge is 0.490 e. The van der Waals surface area contributed by atoms with Gasteiger partial charge in [0.15, 0.2) is 0 Å². The summed E-state index contributed by atoms with van der Waals surface area (Å²) in [7, 11) is 0. The lowest BCUT2D eigenvalue weighted by atomic mass is 9.99. The van der Waals surface area contributed by atoms with Crippen molar-refractivity contribution in [3.05, 3.63) is 39.8 Å². The molecule has 1 atom stereocenters. The van der Waals surface area contributed by atoms with Crippen LogP contribution < -0.4 is 0 Å². The maximum Gasteiger partial charge on any atom is 0.490 e. The predicted octanol–water partition coefficient (Wildman–Crippen LogP) is 3.76. The Hall–Kier alpha value is -2.40. The van der Waals surface area contributed by atoms with E-state index in [0.29, 0.717) is 6.61 Å². The van der Waals surface area contributed by atoms with Gasteiger partial charge in [0.2, 0.25) is 0 Å². The third-order valence-corrected chi connectivity index (χ3v) is 5.99. The molecule has 2 aromatic rings. The van der Waals surface area contributed by atoms with Crippen molar-refractivity contribution in [1.29, 1.82) is 0 Å². The van der Waals surface area contributed by atoms with Crippen LogP contribution in [0.4, 0.5) is 13.2 Å². The molecule has 1 aliphatic carbocycles. The third-order valence-electron chi connectivity index (χ3n) is 5.13. The molecule has 170 valence electrons. The van der Waals surface area contributed by atoms with E-state index in [1.54, 1.807) is 0 Å². The van der Waals surface area contributed by atoms with Crippen LogP contribution >= 0.6 is 11.3 Å². The minimum Gasteiger partial charge on any atom is -0.475 e. The Balaban J connectivity index is 0.000000339. The van der Waals surface area contributed by atoms with Gasteiger partial charge in [0.25, 0.3) is 5.91 Å². The molecule has 1 saturated carbocycles. The van der Waals surface area contributed by atoms with E-state index in [-0.39, 0.29) is 11.9 Å². The van der Waals surface area contributed by atoms with Crippen LogP contribution in [0.25, 0.3) is 0 Å². The van der Waals surface area contributed by atoms with Gasteiger partial charge in [-0.25, -0.2) is 4.79 Å². The Bertz CT molecular complexity index is 881. The van der Waals surface area contributed by atoms with E-state index in [0.717, 1.165) is 42.6 Å². The summed E-state index contributed by atoms with van der Waals surface area (Å²) in [5.74, 6) is -1.92. The van der Waals surface area contributed by atoms with Crippen molar-refractivity contribution >= 4 is 23.2 Å². The highest BCUT2D eigenvalue weighted by Gasteiger charge is 2.38. The van der Waals surface area contributed by atoms with E-state index in [9.17, 15) is 18.0 Å². The van der Waals surface area contributed by atoms with E-state index >= 15 is 0 Å². The van der Waals surface area contributed by atoms with Gasteiger partial charge in [-0.2, -0.15) is 18.3 Å². The molecule has 4 rings (SSSR count). The van der Waals surface area contributed by atoms with Crippen LogP contribution in [0, 0.1) is 5.92 Å². The molecule has 0 spiro atoms. The summed E-state index contributed by atoms with van der Waals surface area (Å²) in [6.45, 7) is 5.01. The Kier molecular flexibility index (Phi) is 7.37. The molecule has 1 fully saturated rings. The van der Waals surface area contributed by atoms with Gasteiger partial charge < -0.3 is 14.7 Å². The standard InChI is InChI=1S/C18H23N3O2S.C2HF3O2/c1-2-21-17-14(10-19-21)7-8-20(18(22)16-4-3-9-24-16)15(17)12-23-11-13-5-6-13;3-2(4,5)1(6)7/h3-4,9-10,13,15H,2,5-8,11-12H2,1H3;(H,6,7). The number of nitrogens with zero attached hydrogens (tertiary/aromatic N) is 3. The number of aromatic nitrogens is 2. The van der Waals surface area contributed by atoms with Crippen LogP contribution in [-0.2, 0) is 22.5 Å². The molecule has 3 heterocycles. The van der Waals surface area contributed by atoms with Crippen LogP contribution in [0.1, 0.15) is 46.7 Å². The van der Waals surface area contributed by atoms with Crippen molar-refractivity contribution in [2.75, 3.05) is 19.8 Å². The third kappa shape index (κ3) is 5.85.